The SMILES string of the molecule is O=C1C[C@H](NCc2cccnc2)C(=O)N1c1ccccc1. The standard InChI is InChI=1S/C16H15N3O2/c20-15-9-14(18-11-12-5-4-8-17-10-12)16(21)19(15)13-6-2-1-3-7-13/h1-8,10,14,18H,9,11H2/t14-/m0/s1. The molecule has 21 heavy (non-hydrogen) atoms. The molecule has 1 atom stereocenters. The van der Waals surface area contributed by atoms with Gasteiger partial charge >= 0.3 is 0 Å². The first-order valence-corrected chi connectivity index (χ1v) is 6.80. The molecule has 1 aromatic carbocycles. The number of amides is 2. The smallest absolute Gasteiger partial charge is 0.251 e. The maximum absolute atomic E-state index is 12.4. The number of carbonyl (C=O) groups is 2. The lowest BCUT2D eigenvalue weighted by atomic mass is 10.2. The second kappa shape index (κ2) is 5.85. The monoisotopic (exact) mass is 281 g/mol. The van der Waals surface area contributed by atoms with Crippen molar-refractivity contribution in [3.05, 3.63) is 60.4 Å². The van der Waals surface area contributed by atoms with Crippen LogP contribution in [0.2, 0.25) is 0 Å². The van der Waals surface area contributed by atoms with Crippen molar-refractivity contribution in [3.8, 4) is 0 Å². The maximum Gasteiger partial charge on any atom is 0.251 e. The highest BCUT2D eigenvalue weighted by Crippen LogP contribution is 2.22. The van der Waals surface area contributed by atoms with Gasteiger partial charge in [-0.05, 0) is 23.8 Å². The average molecular weight is 281 g/mol. The zero-order chi connectivity index (χ0) is 14.7. The van der Waals surface area contributed by atoms with Crippen molar-refractivity contribution in [2.24, 2.45) is 0 Å². The first-order valence-electron chi connectivity index (χ1n) is 6.80. The molecule has 2 amide bonds. The summed E-state index contributed by atoms with van der Waals surface area (Å²) in [6.45, 7) is 0.514. The highest BCUT2D eigenvalue weighted by atomic mass is 16.2. The van der Waals surface area contributed by atoms with Gasteiger partial charge in [0, 0.05) is 18.9 Å². The number of nitrogens with zero attached hydrogens (tertiary/aromatic N) is 2. The molecular weight excluding hydrogens is 266 g/mol. The second-order valence-corrected chi connectivity index (χ2v) is 4.90. The minimum absolute atomic E-state index is 0.171. The van der Waals surface area contributed by atoms with Gasteiger partial charge in [-0.3, -0.25) is 14.6 Å². The van der Waals surface area contributed by atoms with Crippen LogP contribution in [-0.2, 0) is 16.1 Å². The topological polar surface area (TPSA) is 62.3 Å². The van der Waals surface area contributed by atoms with Crippen LogP contribution >= 0.6 is 0 Å². The number of para-hydroxylation sites is 1. The number of pyridine rings is 1. The zero-order valence-electron chi connectivity index (χ0n) is 11.4. The fraction of sp³-hybridized carbons (Fsp3) is 0.188. The van der Waals surface area contributed by atoms with Gasteiger partial charge in [-0.25, -0.2) is 4.90 Å². The first kappa shape index (κ1) is 13.5. The van der Waals surface area contributed by atoms with Crippen molar-refractivity contribution in [1.82, 2.24) is 10.3 Å². The highest BCUT2D eigenvalue weighted by Gasteiger charge is 2.39. The van der Waals surface area contributed by atoms with Crippen LogP contribution in [0.4, 0.5) is 5.69 Å². The summed E-state index contributed by atoms with van der Waals surface area (Å²) >= 11 is 0. The number of benzene rings is 1. The van der Waals surface area contributed by atoms with E-state index in [4.69, 9.17) is 0 Å². The van der Waals surface area contributed by atoms with Gasteiger partial charge in [0.2, 0.25) is 5.91 Å². The van der Waals surface area contributed by atoms with Crippen molar-refractivity contribution < 1.29 is 9.59 Å². The fourth-order valence-corrected chi connectivity index (χ4v) is 2.38. The lowest BCUT2D eigenvalue weighted by Gasteiger charge is -2.15. The molecule has 0 unspecified atom stereocenters. The Morgan fingerprint density at radius 1 is 1.14 bits per heavy atom. The third kappa shape index (κ3) is 2.83. The molecule has 5 heteroatoms. The zero-order valence-corrected chi connectivity index (χ0v) is 11.4. The Bertz CT molecular complexity index is 643. The van der Waals surface area contributed by atoms with Crippen molar-refractivity contribution in [1.29, 1.82) is 0 Å². The van der Waals surface area contributed by atoms with Gasteiger partial charge in [0.25, 0.3) is 5.91 Å². The van der Waals surface area contributed by atoms with Crippen LogP contribution < -0.4 is 10.2 Å². The number of nitrogens with one attached hydrogen (secondary N) is 1. The van der Waals surface area contributed by atoms with Gasteiger partial charge < -0.3 is 5.32 Å². The van der Waals surface area contributed by atoms with Crippen molar-refractivity contribution in [2.45, 2.75) is 19.0 Å². The van der Waals surface area contributed by atoms with E-state index < -0.39 is 6.04 Å². The van der Waals surface area contributed by atoms with Crippen LogP contribution in [0.15, 0.2) is 54.9 Å². The summed E-state index contributed by atoms with van der Waals surface area (Å²) in [6.07, 6.45) is 3.63. The molecule has 1 aromatic heterocycles. The number of anilines is 1. The summed E-state index contributed by atoms with van der Waals surface area (Å²) in [6, 6.07) is 12.3. The van der Waals surface area contributed by atoms with E-state index in [-0.39, 0.29) is 18.2 Å². The highest BCUT2D eigenvalue weighted by molar-refractivity contribution is 6.22. The van der Waals surface area contributed by atoms with Gasteiger partial charge in [0.05, 0.1) is 18.2 Å². The van der Waals surface area contributed by atoms with Crippen LogP contribution in [0.25, 0.3) is 0 Å². The van der Waals surface area contributed by atoms with Gasteiger partial charge in [0.15, 0.2) is 0 Å². The molecule has 1 aliphatic heterocycles. The molecule has 106 valence electrons. The third-order valence-electron chi connectivity index (χ3n) is 3.44. The van der Waals surface area contributed by atoms with Gasteiger partial charge in [-0.15, -0.1) is 0 Å². The fourth-order valence-electron chi connectivity index (χ4n) is 2.38. The number of imide groups is 1. The quantitative estimate of drug-likeness (QED) is 0.863. The number of hydrogen-bond acceptors (Lipinski definition) is 4. The van der Waals surface area contributed by atoms with E-state index in [0.29, 0.717) is 12.2 Å². The minimum Gasteiger partial charge on any atom is -0.301 e. The van der Waals surface area contributed by atoms with E-state index in [9.17, 15) is 9.59 Å². The molecule has 2 heterocycles. The van der Waals surface area contributed by atoms with E-state index >= 15 is 0 Å². The normalized spacial score (nSPS) is 18.3. The number of carbonyl (C=O) groups excluding carboxylic acids is 2. The summed E-state index contributed by atoms with van der Waals surface area (Å²) in [5.74, 6) is -0.370. The molecule has 3 rings (SSSR count). The van der Waals surface area contributed by atoms with Gasteiger partial charge in [-0.2, -0.15) is 0 Å². The third-order valence-corrected chi connectivity index (χ3v) is 3.44. The Hall–Kier alpha value is -2.53. The summed E-state index contributed by atoms with van der Waals surface area (Å²) in [5, 5.41) is 3.13. The molecule has 0 aliphatic carbocycles. The Labute approximate surface area is 122 Å². The predicted molar refractivity (Wildman–Crippen MR) is 78.4 cm³/mol. The van der Waals surface area contributed by atoms with E-state index in [1.807, 2.05) is 30.3 Å². The molecule has 0 spiro atoms. The Balaban J connectivity index is 1.69. The molecule has 2 aromatic rings. The van der Waals surface area contributed by atoms with Crippen molar-refractivity contribution in [3.63, 3.8) is 0 Å². The first-order chi connectivity index (χ1) is 10.3. The second-order valence-electron chi connectivity index (χ2n) is 4.90. The van der Waals surface area contributed by atoms with E-state index in [1.165, 1.54) is 4.90 Å². The Kier molecular flexibility index (Phi) is 3.75. The van der Waals surface area contributed by atoms with Crippen LogP contribution in [0, 0.1) is 0 Å². The molecule has 1 saturated heterocycles. The lowest BCUT2D eigenvalue weighted by Crippen LogP contribution is -2.38. The molecule has 0 radical (unpaired) electrons. The van der Waals surface area contributed by atoms with Gasteiger partial charge in [0.1, 0.15) is 0 Å². The largest absolute Gasteiger partial charge is 0.301 e. The van der Waals surface area contributed by atoms with E-state index in [1.54, 1.807) is 24.5 Å². The molecule has 0 saturated carbocycles. The molecule has 0 bridgehead atoms. The van der Waals surface area contributed by atoms with E-state index in [2.05, 4.69) is 10.3 Å². The minimum atomic E-state index is -0.474. The van der Waals surface area contributed by atoms with Crippen LogP contribution in [-0.4, -0.2) is 22.8 Å². The van der Waals surface area contributed by atoms with Crippen LogP contribution in [0.3, 0.4) is 0 Å². The van der Waals surface area contributed by atoms with Crippen LogP contribution in [0.1, 0.15) is 12.0 Å². The summed E-state index contributed by atoms with van der Waals surface area (Å²) in [4.78, 5) is 29.7. The molecule has 1 aliphatic rings. The van der Waals surface area contributed by atoms with E-state index in [0.717, 1.165) is 5.56 Å². The van der Waals surface area contributed by atoms with Crippen molar-refractivity contribution >= 4 is 17.5 Å². The van der Waals surface area contributed by atoms with Crippen molar-refractivity contribution in [2.75, 3.05) is 4.90 Å². The average Bonchev–Trinajstić information content (AvgIpc) is 2.81. The number of aromatic nitrogens is 1. The Morgan fingerprint density at radius 3 is 2.67 bits per heavy atom. The summed E-state index contributed by atoms with van der Waals surface area (Å²) < 4.78 is 0. The maximum atomic E-state index is 12.4. The number of rotatable bonds is 4. The molecule has 1 N–H and O–H groups in total. The predicted octanol–water partition coefficient (Wildman–Crippen LogP) is 1.50. The van der Waals surface area contributed by atoms with Crippen LogP contribution in [0.5, 0.6) is 0 Å². The number of hydrogen-bond donors (Lipinski definition) is 1. The molecule has 5 nitrogen and oxygen atoms in total. The van der Waals surface area contributed by atoms with Gasteiger partial charge in [-0.1, -0.05) is 24.3 Å². The summed E-state index contributed by atoms with van der Waals surface area (Å²) in [5.41, 5.74) is 1.61. The molecule has 1 fully saturated rings. The molecular formula is C16H15N3O2. The summed E-state index contributed by atoms with van der Waals surface area (Å²) in [7, 11) is 0. The Morgan fingerprint density at radius 2 is 1.95 bits per heavy atom. The lowest BCUT2D eigenvalue weighted by molar-refractivity contribution is -0.121.